The first-order valence-electron chi connectivity index (χ1n) is 8.14. The van der Waals surface area contributed by atoms with Crippen molar-refractivity contribution in [3.63, 3.8) is 0 Å². The van der Waals surface area contributed by atoms with Crippen LogP contribution >= 0.6 is 11.3 Å². The van der Waals surface area contributed by atoms with Crippen molar-refractivity contribution in [2.45, 2.75) is 32.1 Å². The Morgan fingerprint density at radius 1 is 1.27 bits per heavy atom. The summed E-state index contributed by atoms with van der Waals surface area (Å²) in [6, 6.07) is 1.66. The molecule has 120 valence electrons. The van der Waals surface area contributed by atoms with Gasteiger partial charge in [0.15, 0.2) is 6.54 Å². The molecule has 4 N–H and O–H groups in total. The molecule has 1 aliphatic heterocycles. The highest BCUT2D eigenvalue weighted by molar-refractivity contribution is 7.14. The maximum absolute atomic E-state index is 12.2. The molecule has 6 heteroatoms. The fourth-order valence-electron chi connectivity index (χ4n) is 3.95. The zero-order valence-corrected chi connectivity index (χ0v) is 13.6. The maximum Gasteiger partial charge on any atom is 0.280 e. The molecule has 2 fully saturated rings. The predicted octanol–water partition coefficient (Wildman–Crippen LogP) is 0.880. The Hall–Kier alpha value is -1.40. The van der Waals surface area contributed by atoms with Crippen molar-refractivity contribution in [2.24, 2.45) is 17.6 Å². The van der Waals surface area contributed by atoms with Gasteiger partial charge >= 0.3 is 0 Å². The van der Waals surface area contributed by atoms with Crippen molar-refractivity contribution in [3.05, 3.63) is 17.0 Å². The lowest BCUT2D eigenvalue weighted by Crippen LogP contribution is -3.15. The number of quaternary nitrogens is 1. The van der Waals surface area contributed by atoms with Gasteiger partial charge in [0.1, 0.15) is 5.00 Å². The molecule has 0 radical (unpaired) electrons. The van der Waals surface area contributed by atoms with Crippen molar-refractivity contribution in [1.29, 1.82) is 0 Å². The van der Waals surface area contributed by atoms with Gasteiger partial charge in [0.05, 0.1) is 18.7 Å². The van der Waals surface area contributed by atoms with E-state index in [9.17, 15) is 9.59 Å². The predicted molar refractivity (Wildman–Crippen MR) is 87.1 cm³/mol. The molecular formula is C16H24N3O2S+. The normalized spacial score (nSPS) is 27.9. The third-order valence-electron chi connectivity index (χ3n) is 5.08. The van der Waals surface area contributed by atoms with Crippen LogP contribution in [0.25, 0.3) is 0 Å². The van der Waals surface area contributed by atoms with Crippen LogP contribution in [0.15, 0.2) is 11.4 Å². The number of carbonyl (C=O) groups excluding carboxylic acids is 2. The van der Waals surface area contributed by atoms with E-state index in [-0.39, 0.29) is 5.91 Å². The molecule has 3 atom stereocenters. The van der Waals surface area contributed by atoms with Crippen molar-refractivity contribution in [2.75, 3.05) is 25.0 Å². The largest absolute Gasteiger partial charge is 0.366 e. The number of hydrogen-bond donors (Lipinski definition) is 3. The van der Waals surface area contributed by atoms with Crippen LogP contribution in [0.5, 0.6) is 0 Å². The van der Waals surface area contributed by atoms with Gasteiger partial charge in [-0.2, -0.15) is 0 Å². The standard InChI is InChI=1S/C16H23N3O2S/c17-15(21)13-6-8-22-16(13)18-14(20)10-19-7-5-11-3-1-2-4-12(11)9-19/h6,8,11-12H,1-5,7,9-10H2,(H2,17,21)(H,18,20)/p+1/t11-,12-/m1/s1. The van der Waals surface area contributed by atoms with Crippen molar-refractivity contribution in [3.8, 4) is 0 Å². The second-order valence-corrected chi connectivity index (χ2v) is 7.47. The molecule has 1 saturated carbocycles. The molecule has 3 rings (SSSR count). The number of fused-ring (bicyclic) bond motifs is 1. The molecule has 0 aromatic carbocycles. The third-order valence-corrected chi connectivity index (χ3v) is 5.91. The van der Waals surface area contributed by atoms with E-state index in [0.717, 1.165) is 24.9 Å². The molecule has 1 aromatic heterocycles. The number of nitrogens with one attached hydrogen (secondary N) is 2. The summed E-state index contributed by atoms with van der Waals surface area (Å²) >= 11 is 1.34. The number of nitrogens with two attached hydrogens (primary N) is 1. The Balaban J connectivity index is 1.53. The highest BCUT2D eigenvalue weighted by atomic mass is 32.1. The summed E-state index contributed by atoms with van der Waals surface area (Å²) in [5.41, 5.74) is 5.71. The van der Waals surface area contributed by atoms with Crippen LogP contribution in [0.1, 0.15) is 42.5 Å². The van der Waals surface area contributed by atoms with E-state index in [2.05, 4.69) is 5.32 Å². The maximum atomic E-state index is 12.2. The van der Waals surface area contributed by atoms with Gasteiger partial charge in [-0.25, -0.2) is 0 Å². The van der Waals surface area contributed by atoms with Gasteiger partial charge in [-0.1, -0.05) is 12.8 Å². The lowest BCUT2D eigenvalue weighted by molar-refractivity contribution is -0.902. The quantitative estimate of drug-likeness (QED) is 0.770. The number of anilines is 1. The summed E-state index contributed by atoms with van der Waals surface area (Å²) in [4.78, 5) is 24.9. The molecule has 0 spiro atoms. The fourth-order valence-corrected chi connectivity index (χ4v) is 4.76. The summed E-state index contributed by atoms with van der Waals surface area (Å²) in [5.74, 6) is 1.17. The van der Waals surface area contributed by atoms with Gasteiger partial charge < -0.3 is 16.0 Å². The summed E-state index contributed by atoms with van der Waals surface area (Å²) < 4.78 is 0. The first-order chi connectivity index (χ1) is 10.6. The summed E-state index contributed by atoms with van der Waals surface area (Å²) in [6.07, 6.45) is 6.68. The number of rotatable bonds is 4. The lowest BCUT2D eigenvalue weighted by Gasteiger charge is -2.38. The van der Waals surface area contributed by atoms with Crippen LogP contribution in [-0.2, 0) is 4.79 Å². The van der Waals surface area contributed by atoms with Crippen LogP contribution in [0.2, 0.25) is 0 Å². The van der Waals surface area contributed by atoms with E-state index in [1.807, 2.05) is 0 Å². The molecule has 2 aliphatic rings. The van der Waals surface area contributed by atoms with E-state index < -0.39 is 5.91 Å². The Morgan fingerprint density at radius 3 is 2.82 bits per heavy atom. The summed E-state index contributed by atoms with van der Waals surface area (Å²) in [7, 11) is 0. The van der Waals surface area contributed by atoms with E-state index in [1.165, 1.54) is 48.3 Å². The van der Waals surface area contributed by atoms with Crippen LogP contribution in [-0.4, -0.2) is 31.4 Å². The smallest absolute Gasteiger partial charge is 0.280 e. The molecule has 1 aliphatic carbocycles. The first-order valence-corrected chi connectivity index (χ1v) is 9.02. The number of carbonyl (C=O) groups is 2. The average Bonchev–Trinajstić information content (AvgIpc) is 2.95. The van der Waals surface area contributed by atoms with Crippen molar-refractivity contribution >= 4 is 28.2 Å². The zero-order valence-electron chi connectivity index (χ0n) is 12.8. The number of piperidine rings is 1. The lowest BCUT2D eigenvalue weighted by atomic mass is 9.75. The molecule has 22 heavy (non-hydrogen) atoms. The SMILES string of the molecule is NC(=O)c1ccsc1NC(=O)C[NH+]1CC[C@H]2CCCC[C@@H]2C1. The number of amides is 2. The second kappa shape index (κ2) is 6.79. The topological polar surface area (TPSA) is 76.6 Å². The van der Waals surface area contributed by atoms with E-state index in [1.54, 1.807) is 11.4 Å². The summed E-state index contributed by atoms with van der Waals surface area (Å²) in [5, 5.41) is 5.20. The summed E-state index contributed by atoms with van der Waals surface area (Å²) in [6.45, 7) is 2.69. The second-order valence-electron chi connectivity index (χ2n) is 6.55. The minimum atomic E-state index is -0.494. The Morgan fingerprint density at radius 2 is 2.05 bits per heavy atom. The zero-order chi connectivity index (χ0) is 15.5. The van der Waals surface area contributed by atoms with Crippen LogP contribution in [0, 0.1) is 11.8 Å². The van der Waals surface area contributed by atoms with Gasteiger partial charge in [-0.3, -0.25) is 9.59 Å². The molecule has 5 nitrogen and oxygen atoms in total. The average molecular weight is 322 g/mol. The van der Waals surface area contributed by atoms with Crippen molar-refractivity contribution < 1.29 is 14.5 Å². The fraction of sp³-hybridized carbons (Fsp3) is 0.625. The molecule has 1 aromatic rings. The van der Waals surface area contributed by atoms with E-state index in [4.69, 9.17) is 5.73 Å². The molecule has 1 unspecified atom stereocenters. The van der Waals surface area contributed by atoms with Gasteiger partial charge in [-0.05, 0) is 36.6 Å². The monoisotopic (exact) mass is 322 g/mol. The number of thiophene rings is 1. The number of primary amides is 1. The minimum absolute atomic E-state index is 0.0193. The van der Waals surface area contributed by atoms with Crippen molar-refractivity contribution in [1.82, 2.24) is 0 Å². The Kier molecular flexibility index (Phi) is 4.78. The van der Waals surface area contributed by atoms with Crippen LogP contribution < -0.4 is 16.0 Å². The minimum Gasteiger partial charge on any atom is -0.366 e. The van der Waals surface area contributed by atoms with Gasteiger partial charge in [-0.15, -0.1) is 11.3 Å². The Bertz CT molecular complexity index is 557. The van der Waals surface area contributed by atoms with Crippen LogP contribution in [0.4, 0.5) is 5.00 Å². The first kappa shape index (κ1) is 15.5. The van der Waals surface area contributed by atoms with E-state index >= 15 is 0 Å². The number of hydrogen-bond acceptors (Lipinski definition) is 3. The van der Waals surface area contributed by atoms with Gasteiger partial charge in [0.25, 0.3) is 11.8 Å². The van der Waals surface area contributed by atoms with Gasteiger partial charge in [0, 0.05) is 5.92 Å². The Labute approximate surface area is 134 Å². The molecule has 2 heterocycles. The third kappa shape index (κ3) is 3.50. The van der Waals surface area contributed by atoms with E-state index in [0.29, 0.717) is 17.1 Å². The highest BCUT2D eigenvalue weighted by Gasteiger charge is 2.34. The van der Waals surface area contributed by atoms with Crippen LogP contribution in [0.3, 0.4) is 0 Å². The highest BCUT2D eigenvalue weighted by Crippen LogP contribution is 2.32. The molecule has 0 bridgehead atoms. The van der Waals surface area contributed by atoms with Gasteiger partial charge in [0.2, 0.25) is 0 Å². The number of likely N-dealkylation sites (tertiary alicyclic amines) is 1. The molecular weight excluding hydrogens is 298 g/mol. The molecule has 1 saturated heterocycles. The molecule has 2 amide bonds.